The third-order valence-corrected chi connectivity index (χ3v) is 6.25. The van der Waals surface area contributed by atoms with Crippen LogP contribution in [-0.4, -0.2) is 23.1 Å². The molecule has 0 radical (unpaired) electrons. The second-order valence-electron chi connectivity index (χ2n) is 5.84. The topological polar surface area (TPSA) is 86.7 Å². The molecule has 7 heteroatoms. The van der Waals surface area contributed by atoms with Gasteiger partial charge in [-0.25, -0.2) is 4.79 Å². The van der Waals surface area contributed by atoms with Gasteiger partial charge in [-0.15, -0.1) is 0 Å². The van der Waals surface area contributed by atoms with Gasteiger partial charge in [-0.2, -0.15) is 0 Å². The monoisotopic (exact) mass is 527 g/mol. The van der Waals surface area contributed by atoms with Crippen molar-refractivity contribution in [3.8, 4) is 5.75 Å². The van der Waals surface area contributed by atoms with Crippen molar-refractivity contribution in [1.82, 2.24) is 0 Å². The fraction of sp³-hybridized carbons (Fsp3) is 0.467. The van der Waals surface area contributed by atoms with E-state index < -0.39 is 24.0 Å². The summed E-state index contributed by atoms with van der Waals surface area (Å²) in [6, 6.07) is 3.09. The highest BCUT2D eigenvalue weighted by Crippen LogP contribution is 2.49. The Morgan fingerprint density at radius 3 is 2.36 bits per heavy atom. The molecule has 1 aromatic carbocycles. The Bertz CT molecular complexity index is 622. The van der Waals surface area contributed by atoms with Crippen molar-refractivity contribution in [2.45, 2.75) is 25.4 Å². The zero-order valence-electron chi connectivity index (χ0n) is 11.4. The number of hydrogen-bond donors (Lipinski definition) is 1. The van der Waals surface area contributed by atoms with Crippen molar-refractivity contribution in [2.24, 2.45) is 17.8 Å². The zero-order valence-corrected chi connectivity index (χ0v) is 15.7. The summed E-state index contributed by atoms with van der Waals surface area (Å²) in [5.41, 5.74) is 0.325. The van der Waals surface area contributed by atoms with E-state index in [9.17, 15) is 19.8 Å². The summed E-state index contributed by atoms with van der Waals surface area (Å²) in [6.07, 6.45) is 1.96. The lowest BCUT2D eigenvalue weighted by molar-refractivity contribution is -0.315. The molecule has 0 aromatic heterocycles. The standard InChI is InChI=1S/C15H14I2O5/c16-9-4-8(5-10(17)12(9)18)15(21)22-13-7-2-1-6(3-7)11(13)14(19)20/h4-7,11,13,18H,1-3H2,(H,19,20)/p-1. The van der Waals surface area contributed by atoms with Crippen LogP contribution in [0.2, 0.25) is 0 Å². The van der Waals surface area contributed by atoms with E-state index in [1.54, 1.807) is 12.1 Å². The number of phenolic OH excluding ortho intramolecular Hbond substituents is 1. The van der Waals surface area contributed by atoms with Gasteiger partial charge in [0.25, 0.3) is 0 Å². The molecule has 22 heavy (non-hydrogen) atoms. The molecule has 0 heterocycles. The number of carboxylic acid groups (broad SMARTS) is 1. The molecule has 1 N–H and O–H groups in total. The first kappa shape index (κ1) is 16.3. The number of fused-ring (bicyclic) bond motifs is 2. The SMILES string of the molecule is O=C(OC1C2CCC(C2)C1C(=O)[O-])c1cc(I)c(O)c(I)c1. The van der Waals surface area contributed by atoms with Crippen LogP contribution in [0.5, 0.6) is 5.75 Å². The minimum Gasteiger partial charge on any atom is -0.550 e. The molecule has 0 aliphatic heterocycles. The van der Waals surface area contributed by atoms with Crippen LogP contribution >= 0.6 is 45.2 Å². The largest absolute Gasteiger partial charge is 0.550 e. The predicted octanol–water partition coefficient (Wildman–Crippen LogP) is 1.92. The van der Waals surface area contributed by atoms with Gasteiger partial charge in [-0.1, -0.05) is 0 Å². The van der Waals surface area contributed by atoms with E-state index in [-0.39, 0.29) is 17.6 Å². The summed E-state index contributed by atoms with van der Waals surface area (Å²) in [6.45, 7) is 0. The predicted molar refractivity (Wildman–Crippen MR) is 92.1 cm³/mol. The van der Waals surface area contributed by atoms with E-state index in [2.05, 4.69) is 0 Å². The quantitative estimate of drug-likeness (QED) is 0.480. The van der Waals surface area contributed by atoms with Gasteiger partial charge < -0.3 is 19.7 Å². The maximum absolute atomic E-state index is 12.3. The van der Waals surface area contributed by atoms with E-state index in [0.29, 0.717) is 12.7 Å². The van der Waals surface area contributed by atoms with Gasteiger partial charge in [-0.05, 0) is 88.4 Å². The summed E-state index contributed by atoms with van der Waals surface area (Å²) >= 11 is 3.88. The molecule has 2 saturated carbocycles. The molecular weight excluding hydrogens is 514 g/mol. The van der Waals surface area contributed by atoms with Crippen LogP contribution in [0, 0.1) is 24.9 Å². The molecule has 2 aliphatic rings. The van der Waals surface area contributed by atoms with Crippen molar-refractivity contribution < 1.29 is 24.5 Å². The molecule has 118 valence electrons. The van der Waals surface area contributed by atoms with E-state index >= 15 is 0 Å². The first-order chi connectivity index (χ1) is 10.4. The number of carbonyl (C=O) groups excluding carboxylic acids is 2. The van der Waals surface area contributed by atoms with Crippen LogP contribution < -0.4 is 5.11 Å². The number of halogens is 2. The Morgan fingerprint density at radius 2 is 1.77 bits per heavy atom. The minimum atomic E-state index is -1.13. The van der Waals surface area contributed by atoms with Crippen LogP contribution in [0.1, 0.15) is 29.6 Å². The van der Waals surface area contributed by atoms with Crippen LogP contribution in [0.15, 0.2) is 12.1 Å². The van der Waals surface area contributed by atoms with Gasteiger partial charge in [0, 0.05) is 11.9 Å². The number of benzene rings is 1. The zero-order chi connectivity index (χ0) is 16.0. The fourth-order valence-electron chi connectivity index (χ4n) is 3.61. The Kier molecular flexibility index (Phi) is 4.54. The van der Waals surface area contributed by atoms with E-state index in [4.69, 9.17) is 4.74 Å². The molecule has 3 rings (SSSR count). The van der Waals surface area contributed by atoms with Gasteiger partial charge in [0.1, 0.15) is 11.9 Å². The van der Waals surface area contributed by atoms with Crippen molar-refractivity contribution in [3.05, 3.63) is 24.8 Å². The lowest BCUT2D eigenvalue weighted by Gasteiger charge is -2.31. The van der Waals surface area contributed by atoms with E-state index in [0.717, 1.165) is 19.3 Å². The summed E-state index contributed by atoms with van der Waals surface area (Å²) in [5.74, 6) is -2.05. The summed E-state index contributed by atoms with van der Waals surface area (Å²) in [4.78, 5) is 23.7. The molecule has 2 bridgehead atoms. The molecule has 4 unspecified atom stereocenters. The summed E-state index contributed by atoms with van der Waals surface area (Å²) in [7, 11) is 0. The maximum atomic E-state index is 12.3. The lowest BCUT2D eigenvalue weighted by Crippen LogP contribution is -2.44. The lowest BCUT2D eigenvalue weighted by atomic mass is 9.86. The third-order valence-electron chi connectivity index (χ3n) is 4.61. The highest BCUT2D eigenvalue weighted by atomic mass is 127. The average Bonchev–Trinajstić information content (AvgIpc) is 3.04. The van der Waals surface area contributed by atoms with Crippen LogP contribution in [0.4, 0.5) is 0 Å². The second-order valence-corrected chi connectivity index (χ2v) is 8.16. The third kappa shape index (κ3) is 2.81. The molecular formula is C15H13I2O5-. The molecule has 4 atom stereocenters. The number of ether oxygens (including phenoxy) is 1. The Hall–Kier alpha value is -0.580. The Balaban J connectivity index is 1.81. The number of esters is 1. The number of aliphatic carboxylic acids is 1. The van der Waals surface area contributed by atoms with Crippen molar-refractivity contribution in [3.63, 3.8) is 0 Å². The molecule has 1 aromatic rings. The molecule has 2 fully saturated rings. The van der Waals surface area contributed by atoms with E-state index in [1.165, 1.54) is 0 Å². The molecule has 0 saturated heterocycles. The van der Waals surface area contributed by atoms with Crippen molar-refractivity contribution in [1.29, 1.82) is 0 Å². The first-order valence-corrected chi connectivity index (χ1v) is 9.14. The number of aromatic hydroxyl groups is 1. The van der Waals surface area contributed by atoms with Gasteiger partial charge in [0.05, 0.1) is 12.7 Å². The minimum absolute atomic E-state index is 0.0629. The van der Waals surface area contributed by atoms with Crippen LogP contribution in [0.25, 0.3) is 0 Å². The molecule has 2 aliphatic carbocycles. The number of hydrogen-bond acceptors (Lipinski definition) is 5. The van der Waals surface area contributed by atoms with Gasteiger partial charge in [0.2, 0.25) is 0 Å². The Morgan fingerprint density at radius 1 is 1.18 bits per heavy atom. The smallest absolute Gasteiger partial charge is 0.338 e. The number of carboxylic acids is 1. The van der Waals surface area contributed by atoms with Crippen LogP contribution in [0.3, 0.4) is 0 Å². The molecule has 5 nitrogen and oxygen atoms in total. The van der Waals surface area contributed by atoms with E-state index in [1.807, 2.05) is 45.2 Å². The first-order valence-electron chi connectivity index (χ1n) is 6.98. The molecule has 0 amide bonds. The maximum Gasteiger partial charge on any atom is 0.338 e. The van der Waals surface area contributed by atoms with Gasteiger partial charge in [-0.3, -0.25) is 0 Å². The number of carbonyl (C=O) groups is 2. The van der Waals surface area contributed by atoms with Crippen molar-refractivity contribution in [2.75, 3.05) is 0 Å². The fourth-order valence-corrected chi connectivity index (χ4v) is 5.38. The number of phenols is 1. The highest BCUT2D eigenvalue weighted by Gasteiger charge is 2.50. The summed E-state index contributed by atoms with van der Waals surface area (Å²) in [5, 5.41) is 21.1. The average molecular weight is 527 g/mol. The normalized spacial score (nSPS) is 29.5. The Labute approximate surface area is 154 Å². The van der Waals surface area contributed by atoms with Gasteiger partial charge in [0.15, 0.2) is 0 Å². The number of rotatable bonds is 3. The van der Waals surface area contributed by atoms with Crippen LogP contribution in [-0.2, 0) is 9.53 Å². The second kappa shape index (κ2) is 6.14. The molecule has 0 spiro atoms. The van der Waals surface area contributed by atoms with Gasteiger partial charge >= 0.3 is 5.97 Å². The summed E-state index contributed by atoms with van der Waals surface area (Å²) < 4.78 is 6.62. The highest BCUT2D eigenvalue weighted by molar-refractivity contribution is 14.1. The van der Waals surface area contributed by atoms with Crippen molar-refractivity contribution >= 4 is 57.1 Å².